The fourth-order valence-corrected chi connectivity index (χ4v) is 3.94. The van der Waals surface area contributed by atoms with Crippen molar-refractivity contribution in [2.24, 2.45) is 0 Å². The summed E-state index contributed by atoms with van der Waals surface area (Å²) in [6.45, 7) is 4.62. The fraction of sp³-hybridized carbons (Fsp3) is 0.588. The number of hydrogen-bond acceptors (Lipinski definition) is 3. The third kappa shape index (κ3) is 2.70. The molecule has 21 heavy (non-hydrogen) atoms. The molecule has 0 spiro atoms. The van der Waals surface area contributed by atoms with E-state index in [1.54, 1.807) is 0 Å². The molecule has 4 nitrogen and oxygen atoms in total. The van der Waals surface area contributed by atoms with Gasteiger partial charge < -0.3 is 10.4 Å². The van der Waals surface area contributed by atoms with E-state index in [4.69, 9.17) is 0 Å². The zero-order valence-electron chi connectivity index (χ0n) is 12.6. The molecule has 2 aliphatic rings. The number of carboxylic acid groups (broad SMARTS) is 1. The second-order valence-corrected chi connectivity index (χ2v) is 6.34. The lowest BCUT2D eigenvalue weighted by Crippen LogP contribution is -2.57. The maximum Gasteiger partial charge on any atom is 0.323 e. The molecule has 0 amide bonds. The van der Waals surface area contributed by atoms with Crippen LogP contribution in [0.2, 0.25) is 0 Å². The summed E-state index contributed by atoms with van der Waals surface area (Å²) < 4.78 is 0. The van der Waals surface area contributed by atoms with Gasteiger partial charge in [0.05, 0.1) is 0 Å². The predicted molar refractivity (Wildman–Crippen MR) is 82.0 cm³/mol. The molecule has 1 aliphatic carbocycles. The number of carboxylic acids is 1. The smallest absolute Gasteiger partial charge is 0.323 e. The first-order valence-electron chi connectivity index (χ1n) is 7.94. The molecule has 0 bridgehead atoms. The minimum Gasteiger partial charge on any atom is -0.480 e. The Morgan fingerprint density at radius 3 is 2.62 bits per heavy atom. The third-order valence-corrected chi connectivity index (χ3v) is 5.03. The van der Waals surface area contributed by atoms with Crippen LogP contribution in [0.15, 0.2) is 24.3 Å². The molecule has 1 saturated carbocycles. The molecule has 1 fully saturated rings. The van der Waals surface area contributed by atoms with E-state index in [2.05, 4.69) is 34.5 Å². The molecule has 0 aromatic heterocycles. The van der Waals surface area contributed by atoms with E-state index in [9.17, 15) is 9.90 Å². The third-order valence-electron chi connectivity index (χ3n) is 5.03. The zero-order chi connectivity index (χ0) is 14.9. The molecule has 1 aromatic carbocycles. The molecule has 1 aromatic rings. The summed E-state index contributed by atoms with van der Waals surface area (Å²) >= 11 is 0. The first-order chi connectivity index (χ1) is 10.1. The highest BCUT2D eigenvalue weighted by Gasteiger charge is 2.44. The van der Waals surface area contributed by atoms with E-state index in [0.717, 1.165) is 32.4 Å². The molecular weight excluding hydrogens is 264 g/mol. The lowest BCUT2D eigenvalue weighted by molar-refractivity contribution is -0.147. The van der Waals surface area contributed by atoms with Crippen LogP contribution in [-0.4, -0.2) is 34.1 Å². The van der Waals surface area contributed by atoms with Crippen molar-refractivity contribution in [3.63, 3.8) is 0 Å². The zero-order valence-corrected chi connectivity index (χ0v) is 12.6. The maximum atomic E-state index is 11.8. The SMILES string of the molecule is CCNC1(C(=O)O)CCCC(N2Cc3ccccc3C2)C1. The Morgan fingerprint density at radius 1 is 1.38 bits per heavy atom. The van der Waals surface area contributed by atoms with E-state index >= 15 is 0 Å². The van der Waals surface area contributed by atoms with Gasteiger partial charge in [0.1, 0.15) is 5.54 Å². The number of benzene rings is 1. The summed E-state index contributed by atoms with van der Waals surface area (Å²) in [4.78, 5) is 14.2. The second kappa shape index (κ2) is 5.78. The van der Waals surface area contributed by atoms with Crippen LogP contribution >= 0.6 is 0 Å². The topological polar surface area (TPSA) is 52.6 Å². The fourth-order valence-electron chi connectivity index (χ4n) is 3.94. The number of nitrogens with zero attached hydrogens (tertiary/aromatic N) is 1. The molecule has 0 saturated heterocycles. The van der Waals surface area contributed by atoms with Gasteiger partial charge >= 0.3 is 5.97 Å². The van der Waals surface area contributed by atoms with Crippen LogP contribution in [0.25, 0.3) is 0 Å². The number of fused-ring (bicyclic) bond motifs is 1. The number of hydrogen-bond donors (Lipinski definition) is 2. The van der Waals surface area contributed by atoms with Crippen molar-refractivity contribution in [3.8, 4) is 0 Å². The highest BCUT2D eigenvalue weighted by Crippen LogP contribution is 2.35. The number of carbonyl (C=O) groups is 1. The molecule has 2 N–H and O–H groups in total. The summed E-state index contributed by atoms with van der Waals surface area (Å²) in [7, 11) is 0. The molecule has 2 atom stereocenters. The highest BCUT2D eigenvalue weighted by atomic mass is 16.4. The van der Waals surface area contributed by atoms with Gasteiger partial charge in [0, 0.05) is 19.1 Å². The first-order valence-corrected chi connectivity index (χ1v) is 7.94. The largest absolute Gasteiger partial charge is 0.480 e. The van der Waals surface area contributed by atoms with Crippen LogP contribution in [0.1, 0.15) is 43.7 Å². The Kier molecular flexibility index (Phi) is 4.00. The van der Waals surface area contributed by atoms with Gasteiger partial charge in [0.2, 0.25) is 0 Å². The quantitative estimate of drug-likeness (QED) is 0.893. The van der Waals surface area contributed by atoms with Gasteiger partial charge in [0.25, 0.3) is 0 Å². The monoisotopic (exact) mass is 288 g/mol. The predicted octanol–water partition coefficient (Wildman–Crippen LogP) is 2.38. The van der Waals surface area contributed by atoms with Crippen LogP contribution in [0.5, 0.6) is 0 Å². The molecule has 4 heteroatoms. The van der Waals surface area contributed by atoms with Crippen LogP contribution in [0.4, 0.5) is 0 Å². The van der Waals surface area contributed by atoms with Crippen molar-refractivity contribution in [1.82, 2.24) is 10.2 Å². The van der Waals surface area contributed by atoms with Gasteiger partial charge in [-0.25, -0.2) is 0 Å². The Bertz CT molecular complexity index is 502. The van der Waals surface area contributed by atoms with Crippen molar-refractivity contribution in [2.75, 3.05) is 6.54 Å². The van der Waals surface area contributed by atoms with Crippen molar-refractivity contribution >= 4 is 5.97 Å². The summed E-state index contributed by atoms with van der Waals surface area (Å²) in [6.07, 6.45) is 3.54. The van der Waals surface area contributed by atoms with Gasteiger partial charge in [-0.05, 0) is 43.4 Å². The number of likely N-dealkylation sites (N-methyl/N-ethyl adjacent to an activating group) is 1. The Balaban J connectivity index is 1.74. The normalized spacial score (nSPS) is 29.3. The van der Waals surface area contributed by atoms with E-state index < -0.39 is 11.5 Å². The van der Waals surface area contributed by atoms with Gasteiger partial charge in [0.15, 0.2) is 0 Å². The number of nitrogens with one attached hydrogen (secondary N) is 1. The molecule has 1 heterocycles. The molecule has 114 valence electrons. The van der Waals surface area contributed by atoms with Crippen LogP contribution in [0.3, 0.4) is 0 Å². The van der Waals surface area contributed by atoms with E-state index in [0.29, 0.717) is 19.0 Å². The second-order valence-electron chi connectivity index (χ2n) is 6.34. The Labute approximate surface area is 126 Å². The van der Waals surface area contributed by atoms with Crippen LogP contribution < -0.4 is 5.32 Å². The number of rotatable bonds is 4. The summed E-state index contributed by atoms with van der Waals surface area (Å²) in [5.74, 6) is -0.689. The Morgan fingerprint density at radius 2 is 2.05 bits per heavy atom. The summed E-state index contributed by atoms with van der Waals surface area (Å²) in [6, 6.07) is 8.91. The van der Waals surface area contributed by atoms with Crippen LogP contribution in [0, 0.1) is 0 Å². The summed E-state index contributed by atoms with van der Waals surface area (Å²) in [5, 5.41) is 12.9. The average molecular weight is 288 g/mol. The van der Waals surface area contributed by atoms with E-state index in [1.165, 1.54) is 11.1 Å². The standard InChI is InChI=1S/C17H24N2O2/c1-2-18-17(16(20)21)9-5-8-15(10-17)19-11-13-6-3-4-7-14(13)12-19/h3-4,6-7,15,18H,2,5,8-12H2,1H3,(H,20,21). The van der Waals surface area contributed by atoms with Crippen LogP contribution in [-0.2, 0) is 17.9 Å². The first kappa shape index (κ1) is 14.5. The van der Waals surface area contributed by atoms with Gasteiger partial charge in [-0.15, -0.1) is 0 Å². The lowest BCUT2D eigenvalue weighted by atomic mass is 9.78. The van der Waals surface area contributed by atoms with Crippen molar-refractivity contribution in [3.05, 3.63) is 35.4 Å². The molecular formula is C17H24N2O2. The molecule has 3 rings (SSSR count). The van der Waals surface area contributed by atoms with Gasteiger partial charge in [-0.2, -0.15) is 0 Å². The molecule has 0 radical (unpaired) electrons. The average Bonchev–Trinajstić information content (AvgIpc) is 2.91. The highest BCUT2D eigenvalue weighted by molar-refractivity contribution is 5.79. The lowest BCUT2D eigenvalue weighted by Gasteiger charge is -2.41. The van der Waals surface area contributed by atoms with E-state index in [-0.39, 0.29) is 0 Å². The Hall–Kier alpha value is -1.39. The summed E-state index contributed by atoms with van der Waals surface area (Å²) in [5.41, 5.74) is 2.06. The maximum absolute atomic E-state index is 11.8. The number of aliphatic carboxylic acids is 1. The molecule has 2 unspecified atom stereocenters. The van der Waals surface area contributed by atoms with Crippen molar-refractivity contribution in [1.29, 1.82) is 0 Å². The minimum absolute atomic E-state index is 0.362. The van der Waals surface area contributed by atoms with Gasteiger partial charge in [-0.3, -0.25) is 9.69 Å². The van der Waals surface area contributed by atoms with Gasteiger partial charge in [-0.1, -0.05) is 31.2 Å². The van der Waals surface area contributed by atoms with Crippen molar-refractivity contribution in [2.45, 2.75) is 57.3 Å². The van der Waals surface area contributed by atoms with Crippen molar-refractivity contribution < 1.29 is 9.90 Å². The van der Waals surface area contributed by atoms with E-state index in [1.807, 2.05) is 6.92 Å². The minimum atomic E-state index is -0.730. The molecule has 1 aliphatic heterocycles.